The normalized spacial score (nSPS) is 26.9. The van der Waals surface area contributed by atoms with Gasteiger partial charge in [-0.05, 0) is 43.5 Å². The van der Waals surface area contributed by atoms with Crippen LogP contribution in [-0.2, 0) is 6.54 Å². The molecule has 0 aromatic carbocycles. The van der Waals surface area contributed by atoms with Crippen molar-refractivity contribution in [3.63, 3.8) is 0 Å². The fourth-order valence-corrected chi connectivity index (χ4v) is 3.38. The summed E-state index contributed by atoms with van der Waals surface area (Å²) in [6.45, 7) is 3.35. The van der Waals surface area contributed by atoms with E-state index in [0.717, 1.165) is 18.2 Å². The summed E-state index contributed by atoms with van der Waals surface area (Å²) in [5.41, 5.74) is 1.66. The zero-order valence-corrected chi connectivity index (χ0v) is 11.2. The van der Waals surface area contributed by atoms with E-state index in [9.17, 15) is 0 Å². The number of hydrogen-bond donors (Lipinski definition) is 1. The van der Waals surface area contributed by atoms with Crippen molar-refractivity contribution < 1.29 is 0 Å². The Morgan fingerprint density at radius 1 is 1.37 bits per heavy atom. The summed E-state index contributed by atoms with van der Waals surface area (Å²) in [5.74, 6) is 0. The molecule has 2 fully saturated rings. The first kappa shape index (κ1) is 12.6. The van der Waals surface area contributed by atoms with Crippen molar-refractivity contribution in [3.05, 3.63) is 29.6 Å². The van der Waals surface area contributed by atoms with Crippen molar-refractivity contribution in [2.75, 3.05) is 13.1 Å². The number of pyridine rings is 1. The predicted octanol–water partition coefficient (Wildman–Crippen LogP) is 1.67. The topological polar surface area (TPSA) is 52.0 Å². The molecule has 0 bridgehead atoms. The van der Waals surface area contributed by atoms with Crippen LogP contribution in [0.4, 0.5) is 0 Å². The molecule has 0 saturated carbocycles. The number of nitriles is 1. The first-order valence-electron chi connectivity index (χ1n) is 7.19. The minimum atomic E-state index is 0.505. The van der Waals surface area contributed by atoms with E-state index in [1.807, 2.05) is 12.1 Å². The van der Waals surface area contributed by atoms with Gasteiger partial charge in [0.25, 0.3) is 0 Å². The predicted molar refractivity (Wildman–Crippen MR) is 73.4 cm³/mol. The van der Waals surface area contributed by atoms with Crippen LogP contribution in [-0.4, -0.2) is 35.1 Å². The lowest BCUT2D eigenvalue weighted by Crippen LogP contribution is -2.44. The maximum atomic E-state index is 8.86. The molecule has 0 radical (unpaired) electrons. The molecule has 2 saturated heterocycles. The Morgan fingerprint density at radius 3 is 3.21 bits per heavy atom. The molecule has 4 heteroatoms. The quantitative estimate of drug-likeness (QED) is 0.894. The average molecular weight is 256 g/mol. The second-order valence-electron chi connectivity index (χ2n) is 5.54. The third-order valence-corrected chi connectivity index (χ3v) is 4.36. The van der Waals surface area contributed by atoms with Crippen molar-refractivity contribution in [3.8, 4) is 6.07 Å². The summed E-state index contributed by atoms with van der Waals surface area (Å²) in [7, 11) is 0. The number of aromatic nitrogens is 1. The first-order valence-corrected chi connectivity index (χ1v) is 7.19. The molecule has 100 valence electrons. The molecule has 0 spiro atoms. The van der Waals surface area contributed by atoms with Gasteiger partial charge in [-0.15, -0.1) is 0 Å². The smallest absolute Gasteiger partial charge is 0.140 e. The maximum Gasteiger partial charge on any atom is 0.140 e. The summed E-state index contributed by atoms with van der Waals surface area (Å²) >= 11 is 0. The zero-order chi connectivity index (χ0) is 13.1. The Labute approximate surface area is 114 Å². The molecule has 2 atom stereocenters. The average Bonchev–Trinajstić information content (AvgIpc) is 2.89. The van der Waals surface area contributed by atoms with Crippen molar-refractivity contribution >= 4 is 0 Å². The lowest BCUT2D eigenvalue weighted by Gasteiger charge is -2.32. The van der Waals surface area contributed by atoms with Crippen molar-refractivity contribution in [1.82, 2.24) is 15.2 Å². The number of nitrogens with one attached hydrogen (secondary N) is 1. The van der Waals surface area contributed by atoms with Crippen molar-refractivity contribution in [2.24, 2.45) is 0 Å². The van der Waals surface area contributed by atoms with Crippen LogP contribution in [0.1, 0.15) is 36.9 Å². The van der Waals surface area contributed by atoms with E-state index in [2.05, 4.69) is 21.3 Å². The van der Waals surface area contributed by atoms with Gasteiger partial charge in [0.2, 0.25) is 0 Å². The Kier molecular flexibility index (Phi) is 3.77. The molecule has 4 nitrogen and oxygen atoms in total. The SMILES string of the molecule is N#Cc1cc(CNC2CCN3CCCCC23)ccn1. The highest BCUT2D eigenvalue weighted by Gasteiger charge is 2.34. The largest absolute Gasteiger partial charge is 0.308 e. The number of rotatable bonds is 3. The minimum Gasteiger partial charge on any atom is -0.308 e. The van der Waals surface area contributed by atoms with Gasteiger partial charge < -0.3 is 5.32 Å². The highest BCUT2D eigenvalue weighted by molar-refractivity contribution is 5.25. The standard InChI is InChI=1S/C15H20N4/c16-10-13-9-12(4-6-17-13)11-18-14-5-8-19-7-2-1-3-15(14)19/h4,6,9,14-15,18H,1-3,5,7-8,11H2. The minimum absolute atomic E-state index is 0.505. The van der Waals surface area contributed by atoms with Gasteiger partial charge in [0.1, 0.15) is 11.8 Å². The Bertz CT molecular complexity index is 479. The van der Waals surface area contributed by atoms with Crippen molar-refractivity contribution in [1.29, 1.82) is 5.26 Å². The lowest BCUT2D eigenvalue weighted by atomic mass is 9.99. The second-order valence-corrected chi connectivity index (χ2v) is 5.54. The van der Waals surface area contributed by atoms with Gasteiger partial charge >= 0.3 is 0 Å². The van der Waals surface area contributed by atoms with Crippen LogP contribution in [0.2, 0.25) is 0 Å². The number of piperidine rings is 1. The maximum absolute atomic E-state index is 8.86. The highest BCUT2D eigenvalue weighted by Crippen LogP contribution is 2.27. The van der Waals surface area contributed by atoms with Crippen LogP contribution < -0.4 is 5.32 Å². The fraction of sp³-hybridized carbons (Fsp3) is 0.600. The Hall–Kier alpha value is -1.44. The number of hydrogen-bond acceptors (Lipinski definition) is 4. The monoisotopic (exact) mass is 256 g/mol. The van der Waals surface area contributed by atoms with E-state index in [0.29, 0.717) is 11.7 Å². The van der Waals surface area contributed by atoms with Gasteiger partial charge in [0, 0.05) is 31.4 Å². The van der Waals surface area contributed by atoms with E-state index in [-0.39, 0.29) is 0 Å². The number of fused-ring (bicyclic) bond motifs is 1. The Balaban J connectivity index is 1.58. The number of nitrogens with zero attached hydrogens (tertiary/aromatic N) is 3. The summed E-state index contributed by atoms with van der Waals surface area (Å²) in [6.07, 6.45) is 7.03. The highest BCUT2D eigenvalue weighted by atomic mass is 15.2. The molecule has 3 heterocycles. The molecule has 2 aliphatic rings. The third-order valence-electron chi connectivity index (χ3n) is 4.36. The zero-order valence-electron chi connectivity index (χ0n) is 11.2. The van der Waals surface area contributed by atoms with E-state index in [4.69, 9.17) is 5.26 Å². The summed E-state index contributed by atoms with van der Waals surface area (Å²) in [5, 5.41) is 12.5. The molecule has 0 amide bonds. The van der Waals surface area contributed by atoms with E-state index in [1.165, 1.54) is 38.8 Å². The molecule has 3 rings (SSSR count). The summed E-state index contributed by atoms with van der Waals surface area (Å²) in [6, 6.07) is 7.29. The second kappa shape index (κ2) is 5.68. The van der Waals surface area contributed by atoms with Crippen LogP contribution in [0.15, 0.2) is 18.3 Å². The van der Waals surface area contributed by atoms with Gasteiger partial charge in [0.15, 0.2) is 0 Å². The molecule has 2 unspecified atom stereocenters. The molecule has 2 aliphatic heterocycles. The first-order chi connectivity index (χ1) is 9.36. The molecule has 19 heavy (non-hydrogen) atoms. The van der Waals surface area contributed by atoms with Gasteiger partial charge in [-0.1, -0.05) is 6.42 Å². The van der Waals surface area contributed by atoms with Crippen LogP contribution in [0, 0.1) is 11.3 Å². The van der Waals surface area contributed by atoms with Gasteiger partial charge in [-0.25, -0.2) is 4.98 Å². The van der Waals surface area contributed by atoms with Gasteiger partial charge in [-0.2, -0.15) is 5.26 Å². The molecular weight excluding hydrogens is 236 g/mol. The molecule has 1 aromatic rings. The van der Waals surface area contributed by atoms with Gasteiger partial charge in [-0.3, -0.25) is 4.90 Å². The summed E-state index contributed by atoms with van der Waals surface area (Å²) < 4.78 is 0. The van der Waals surface area contributed by atoms with E-state index >= 15 is 0 Å². The van der Waals surface area contributed by atoms with E-state index in [1.54, 1.807) is 6.20 Å². The van der Waals surface area contributed by atoms with Crippen molar-refractivity contribution in [2.45, 2.75) is 44.3 Å². The van der Waals surface area contributed by atoms with Crippen LogP contribution in [0.25, 0.3) is 0 Å². The van der Waals surface area contributed by atoms with E-state index < -0.39 is 0 Å². The van der Waals surface area contributed by atoms with Crippen LogP contribution in [0.3, 0.4) is 0 Å². The Morgan fingerprint density at radius 2 is 2.32 bits per heavy atom. The lowest BCUT2D eigenvalue weighted by molar-refractivity contribution is 0.180. The fourth-order valence-electron chi connectivity index (χ4n) is 3.38. The van der Waals surface area contributed by atoms with Crippen LogP contribution >= 0.6 is 0 Å². The molecular formula is C15H20N4. The molecule has 1 N–H and O–H groups in total. The van der Waals surface area contributed by atoms with Gasteiger partial charge in [0.05, 0.1) is 0 Å². The summed E-state index contributed by atoms with van der Waals surface area (Å²) in [4.78, 5) is 6.64. The molecule has 0 aliphatic carbocycles. The molecule has 1 aromatic heterocycles. The van der Waals surface area contributed by atoms with Crippen LogP contribution in [0.5, 0.6) is 0 Å². The third kappa shape index (κ3) is 2.78.